The number of anilines is 1. The third-order valence-electron chi connectivity index (χ3n) is 4.45. The van der Waals surface area contributed by atoms with E-state index < -0.39 is 0 Å². The Morgan fingerprint density at radius 3 is 2.60 bits per heavy atom. The lowest BCUT2D eigenvalue weighted by atomic mass is 10.2. The molecule has 2 aromatic rings. The summed E-state index contributed by atoms with van der Waals surface area (Å²) in [6, 6.07) is 10.5. The van der Waals surface area contributed by atoms with Gasteiger partial charge in [0.15, 0.2) is 0 Å². The Morgan fingerprint density at radius 1 is 1.24 bits per heavy atom. The number of amides is 2. The molecule has 1 fully saturated rings. The molecule has 1 N–H and O–H groups in total. The zero-order chi connectivity index (χ0) is 17.6. The molecule has 5 nitrogen and oxygen atoms in total. The van der Waals surface area contributed by atoms with Gasteiger partial charge in [-0.25, -0.2) is 4.79 Å². The highest BCUT2D eigenvalue weighted by atomic mass is 32.1. The van der Waals surface area contributed by atoms with Crippen molar-refractivity contribution < 1.29 is 9.53 Å². The van der Waals surface area contributed by atoms with Crippen LogP contribution in [0.2, 0.25) is 0 Å². The maximum atomic E-state index is 12.3. The molecule has 1 aliphatic heterocycles. The van der Waals surface area contributed by atoms with E-state index in [0.29, 0.717) is 13.1 Å². The highest BCUT2D eigenvalue weighted by Crippen LogP contribution is 2.18. The second kappa shape index (κ2) is 8.36. The molecule has 2 heterocycles. The van der Waals surface area contributed by atoms with Crippen LogP contribution in [-0.4, -0.2) is 44.3 Å². The van der Waals surface area contributed by atoms with Crippen LogP contribution in [0.1, 0.15) is 16.0 Å². The van der Waals surface area contributed by atoms with Crippen LogP contribution in [0.15, 0.2) is 35.7 Å². The van der Waals surface area contributed by atoms with Gasteiger partial charge in [0, 0.05) is 37.2 Å². The van der Waals surface area contributed by atoms with Crippen molar-refractivity contribution in [2.45, 2.75) is 20.0 Å². The van der Waals surface area contributed by atoms with Gasteiger partial charge in [0.25, 0.3) is 0 Å². The maximum Gasteiger partial charge on any atom is 0.317 e. The summed E-state index contributed by atoms with van der Waals surface area (Å²) in [5.74, 6) is 0. The fraction of sp³-hybridized carbons (Fsp3) is 0.421. The molecule has 0 aliphatic carbocycles. The van der Waals surface area contributed by atoms with Crippen molar-refractivity contribution in [1.29, 1.82) is 0 Å². The van der Waals surface area contributed by atoms with Crippen molar-refractivity contribution >= 4 is 23.1 Å². The summed E-state index contributed by atoms with van der Waals surface area (Å²) in [6.07, 6.45) is 0. The number of nitrogens with one attached hydrogen (secondary N) is 1. The van der Waals surface area contributed by atoms with Crippen LogP contribution in [0.4, 0.5) is 10.5 Å². The number of hydrogen-bond donors (Lipinski definition) is 1. The number of ether oxygens (including phenoxy) is 1. The summed E-state index contributed by atoms with van der Waals surface area (Å²) in [4.78, 5) is 17.5. The molecule has 1 aliphatic rings. The van der Waals surface area contributed by atoms with Gasteiger partial charge in [-0.3, -0.25) is 0 Å². The van der Waals surface area contributed by atoms with Crippen molar-refractivity contribution in [3.63, 3.8) is 0 Å². The van der Waals surface area contributed by atoms with Crippen LogP contribution in [-0.2, 0) is 17.8 Å². The van der Waals surface area contributed by atoms with Gasteiger partial charge in [-0.15, -0.1) is 11.3 Å². The number of thiophene rings is 1. The molecule has 2 amide bonds. The second-order valence-corrected chi connectivity index (χ2v) is 7.31. The Morgan fingerprint density at radius 2 is 1.96 bits per heavy atom. The topological polar surface area (TPSA) is 44.8 Å². The SMILES string of the molecule is Cc1ccsc1CNC(=O)N(C)Cc1ccc(N2CCOCC2)cc1. The van der Waals surface area contributed by atoms with E-state index in [2.05, 4.69) is 52.9 Å². The average Bonchev–Trinajstić information content (AvgIpc) is 3.06. The fourth-order valence-electron chi connectivity index (χ4n) is 2.86. The van der Waals surface area contributed by atoms with Crippen molar-refractivity contribution in [3.8, 4) is 0 Å². The van der Waals surface area contributed by atoms with E-state index in [1.54, 1.807) is 16.2 Å². The lowest BCUT2D eigenvalue weighted by Crippen LogP contribution is -2.36. The minimum absolute atomic E-state index is 0.0509. The Kier molecular flexibility index (Phi) is 5.94. The first-order valence-corrected chi connectivity index (χ1v) is 9.45. The minimum atomic E-state index is -0.0509. The summed E-state index contributed by atoms with van der Waals surface area (Å²) >= 11 is 1.68. The lowest BCUT2D eigenvalue weighted by molar-refractivity contribution is 0.122. The number of urea groups is 1. The van der Waals surface area contributed by atoms with E-state index in [9.17, 15) is 4.79 Å². The molecule has 1 aromatic carbocycles. The first kappa shape index (κ1) is 17.8. The normalized spacial score (nSPS) is 14.4. The van der Waals surface area contributed by atoms with E-state index in [0.717, 1.165) is 31.9 Å². The summed E-state index contributed by atoms with van der Waals surface area (Å²) in [5, 5.41) is 5.04. The van der Waals surface area contributed by atoms with Crippen molar-refractivity contribution in [3.05, 3.63) is 51.7 Å². The lowest BCUT2D eigenvalue weighted by Gasteiger charge is -2.29. The smallest absolute Gasteiger partial charge is 0.317 e. The summed E-state index contributed by atoms with van der Waals surface area (Å²) < 4.78 is 5.39. The second-order valence-electron chi connectivity index (χ2n) is 6.31. The van der Waals surface area contributed by atoms with E-state index in [1.807, 2.05) is 7.05 Å². The molecule has 1 saturated heterocycles. The van der Waals surface area contributed by atoms with E-state index in [-0.39, 0.29) is 6.03 Å². The molecule has 0 radical (unpaired) electrons. The number of carbonyl (C=O) groups is 1. The van der Waals surface area contributed by atoms with Gasteiger partial charge in [0.05, 0.1) is 19.8 Å². The molecular formula is C19H25N3O2S. The number of morpholine rings is 1. The summed E-state index contributed by atoms with van der Waals surface area (Å²) in [7, 11) is 1.83. The third-order valence-corrected chi connectivity index (χ3v) is 5.47. The standard InChI is InChI=1S/C19H25N3O2S/c1-15-7-12-25-18(15)13-20-19(23)21(2)14-16-3-5-17(6-4-16)22-8-10-24-11-9-22/h3-7,12H,8-11,13-14H2,1-2H3,(H,20,23). The minimum Gasteiger partial charge on any atom is -0.378 e. The van der Waals surface area contributed by atoms with Gasteiger partial charge in [-0.2, -0.15) is 0 Å². The van der Waals surface area contributed by atoms with Gasteiger partial charge in [-0.05, 0) is 41.6 Å². The zero-order valence-corrected chi connectivity index (χ0v) is 15.6. The highest BCUT2D eigenvalue weighted by molar-refractivity contribution is 7.10. The third kappa shape index (κ3) is 4.74. The Balaban J connectivity index is 1.50. The van der Waals surface area contributed by atoms with Crippen LogP contribution in [0, 0.1) is 6.92 Å². The van der Waals surface area contributed by atoms with Crippen LogP contribution < -0.4 is 10.2 Å². The average molecular weight is 359 g/mol. The first-order chi connectivity index (χ1) is 12.1. The Bertz CT molecular complexity index is 693. The molecule has 0 saturated carbocycles. The molecule has 134 valence electrons. The van der Waals surface area contributed by atoms with E-state index in [1.165, 1.54) is 16.1 Å². The van der Waals surface area contributed by atoms with Crippen molar-refractivity contribution in [2.75, 3.05) is 38.3 Å². The molecule has 0 bridgehead atoms. The molecular weight excluding hydrogens is 334 g/mol. The maximum absolute atomic E-state index is 12.3. The van der Waals surface area contributed by atoms with Gasteiger partial charge in [-0.1, -0.05) is 12.1 Å². The fourth-order valence-corrected chi connectivity index (χ4v) is 3.70. The highest BCUT2D eigenvalue weighted by Gasteiger charge is 2.12. The molecule has 3 rings (SSSR count). The molecule has 6 heteroatoms. The van der Waals surface area contributed by atoms with Crippen LogP contribution >= 0.6 is 11.3 Å². The van der Waals surface area contributed by atoms with Crippen LogP contribution in [0.25, 0.3) is 0 Å². The monoisotopic (exact) mass is 359 g/mol. The van der Waals surface area contributed by atoms with Gasteiger partial charge >= 0.3 is 6.03 Å². The number of nitrogens with zero attached hydrogens (tertiary/aromatic N) is 2. The van der Waals surface area contributed by atoms with Crippen molar-refractivity contribution in [2.24, 2.45) is 0 Å². The molecule has 0 spiro atoms. The van der Waals surface area contributed by atoms with E-state index >= 15 is 0 Å². The van der Waals surface area contributed by atoms with Gasteiger partial charge in [0.1, 0.15) is 0 Å². The molecule has 25 heavy (non-hydrogen) atoms. The summed E-state index contributed by atoms with van der Waals surface area (Å²) in [5.41, 5.74) is 3.57. The molecule has 0 atom stereocenters. The number of hydrogen-bond acceptors (Lipinski definition) is 4. The van der Waals surface area contributed by atoms with Gasteiger partial charge < -0.3 is 19.9 Å². The van der Waals surface area contributed by atoms with Crippen molar-refractivity contribution in [1.82, 2.24) is 10.2 Å². The van der Waals surface area contributed by atoms with Gasteiger partial charge in [0.2, 0.25) is 0 Å². The number of aryl methyl sites for hydroxylation is 1. The zero-order valence-electron chi connectivity index (χ0n) is 14.8. The number of rotatable bonds is 5. The predicted molar refractivity (Wildman–Crippen MR) is 102 cm³/mol. The predicted octanol–water partition coefficient (Wildman–Crippen LogP) is 3.23. The molecule has 0 unspecified atom stereocenters. The molecule has 1 aromatic heterocycles. The Hall–Kier alpha value is -2.05. The van der Waals surface area contributed by atoms with E-state index in [4.69, 9.17) is 4.74 Å². The largest absolute Gasteiger partial charge is 0.378 e. The first-order valence-electron chi connectivity index (χ1n) is 8.57. The number of benzene rings is 1. The quantitative estimate of drug-likeness (QED) is 0.891. The Labute approximate surface area is 153 Å². The summed E-state index contributed by atoms with van der Waals surface area (Å²) in [6.45, 7) is 6.69. The van der Waals surface area contributed by atoms with Crippen LogP contribution in [0.5, 0.6) is 0 Å². The number of carbonyl (C=O) groups excluding carboxylic acids is 1. The van der Waals surface area contributed by atoms with Crippen LogP contribution in [0.3, 0.4) is 0 Å².